The van der Waals surface area contributed by atoms with E-state index in [1.807, 2.05) is 60.7 Å². The van der Waals surface area contributed by atoms with Gasteiger partial charge in [0.15, 0.2) is 12.5 Å². The van der Waals surface area contributed by atoms with Crippen molar-refractivity contribution in [1.82, 2.24) is 19.1 Å². The first-order chi connectivity index (χ1) is 22.7. The van der Waals surface area contributed by atoms with Gasteiger partial charge in [-0.15, -0.1) is 0 Å². The SMILES string of the molecule is CC(=O)OC(C)c1cc2ccc3nc(c4nc(ccc5cc(C(C)OC(C)=O)c(c1n2C(C)OC(C)=O)n5C(C)OC(C)=O)C=C4)C=C3. The second kappa shape index (κ2) is 13.7. The maximum absolute atomic E-state index is 12.4. The fourth-order valence-corrected chi connectivity index (χ4v) is 6.07. The predicted octanol–water partition coefficient (Wildman–Crippen LogP) is 7.01. The Hall–Kier alpha value is -5.52. The quantitative estimate of drug-likeness (QED) is 0.127. The minimum atomic E-state index is -0.870. The summed E-state index contributed by atoms with van der Waals surface area (Å²) < 4.78 is 26.6. The standard InChI is InChI=1S/C36H38N4O8/c1-19(45-23(5)41)31-17-29-13-9-27-11-15-33(37-27)34-16-12-28(38-34)10-14-30-18-32(20(2)46-24(6)42)36(40(30)22(4)48-26(8)44)35(31)39(29)21(3)47-25(7)43/h9-22H,1-8H3. The number of hydrogen-bond donors (Lipinski definition) is 0. The number of hydrogen-bond acceptors (Lipinski definition) is 10. The lowest BCUT2D eigenvalue weighted by atomic mass is 10.1. The molecular weight excluding hydrogens is 616 g/mol. The van der Waals surface area contributed by atoms with E-state index in [9.17, 15) is 19.2 Å². The molecule has 0 fully saturated rings. The van der Waals surface area contributed by atoms with Crippen LogP contribution in [-0.2, 0) is 38.1 Å². The van der Waals surface area contributed by atoms with Crippen LogP contribution in [0, 0.1) is 0 Å². The third-order valence-electron chi connectivity index (χ3n) is 7.81. The van der Waals surface area contributed by atoms with Crippen LogP contribution in [0.25, 0.3) is 46.4 Å². The van der Waals surface area contributed by atoms with Crippen LogP contribution in [0.15, 0.2) is 36.4 Å². The van der Waals surface area contributed by atoms with Gasteiger partial charge < -0.3 is 28.1 Å². The van der Waals surface area contributed by atoms with E-state index in [4.69, 9.17) is 28.9 Å². The molecule has 48 heavy (non-hydrogen) atoms. The van der Waals surface area contributed by atoms with E-state index in [1.165, 1.54) is 27.7 Å². The molecule has 0 saturated heterocycles. The lowest BCUT2D eigenvalue weighted by Gasteiger charge is -2.22. The van der Waals surface area contributed by atoms with Gasteiger partial charge in [-0.2, -0.15) is 0 Å². The minimum Gasteiger partial charge on any atom is -0.458 e. The average molecular weight is 655 g/mol. The van der Waals surface area contributed by atoms with Gasteiger partial charge in [0, 0.05) is 49.9 Å². The number of nitrogens with zero attached hydrogens (tertiary/aromatic N) is 4. The Bertz CT molecular complexity index is 1890. The summed E-state index contributed by atoms with van der Waals surface area (Å²) in [5.41, 5.74) is 6.01. The van der Waals surface area contributed by atoms with Crippen LogP contribution < -0.4 is 0 Å². The molecule has 4 atom stereocenters. The van der Waals surface area contributed by atoms with Crippen molar-refractivity contribution in [1.29, 1.82) is 0 Å². The summed E-state index contributed by atoms with van der Waals surface area (Å²) >= 11 is 0. The van der Waals surface area contributed by atoms with Crippen molar-refractivity contribution < 1.29 is 38.1 Å². The third kappa shape index (κ3) is 7.07. The number of esters is 4. The van der Waals surface area contributed by atoms with E-state index < -0.39 is 48.5 Å². The minimum absolute atomic E-state index is 0.488. The Morgan fingerprint density at radius 1 is 0.542 bits per heavy atom. The van der Waals surface area contributed by atoms with Gasteiger partial charge in [-0.25, -0.2) is 9.97 Å². The average Bonchev–Trinajstić information content (AvgIpc) is 3.77. The summed E-state index contributed by atoms with van der Waals surface area (Å²) in [7, 11) is 0. The molecule has 2 aliphatic heterocycles. The zero-order chi connectivity index (χ0) is 34.9. The van der Waals surface area contributed by atoms with Crippen molar-refractivity contribution in [3.8, 4) is 0 Å². The Kier molecular flexibility index (Phi) is 9.64. The lowest BCUT2D eigenvalue weighted by Crippen LogP contribution is -2.16. The highest BCUT2D eigenvalue weighted by Gasteiger charge is 2.28. The number of carbonyl (C=O) groups excluding carboxylic acids is 4. The van der Waals surface area contributed by atoms with Crippen LogP contribution in [0.1, 0.15) is 114 Å². The molecule has 12 nitrogen and oxygen atoms in total. The van der Waals surface area contributed by atoms with Crippen molar-refractivity contribution in [2.45, 2.75) is 80.1 Å². The number of ether oxygens (including phenoxy) is 4. The molecule has 250 valence electrons. The predicted molar refractivity (Wildman–Crippen MR) is 179 cm³/mol. The summed E-state index contributed by atoms with van der Waals surface area (Å²) in [5.74, 6) is -2.03. The molecule has 5 heterocycles. The van der Waals surface area contributed by atoms with E-state index in [2.05, 4.69) is 0 Å². The van der Waals surface area contributed by atoms with Crippen LogP contribution in [-0.4, -0.2) is 43.0 Å². The van der Waals surface area contributed by atoms with E-state index in [0.29, 0.717) is 56.0 Å². The second-order valence-electron chi connectivity index (χ2n) is 11.6. The lowest BCUT2D eigenvalue weighted by molar-refractivity contribution is -0.150. The molecule has 8 bridgehead atoms. The van der Waals surface area contributed by atoms with Crippen molar-refractivity contribution in [3.63, 3.8) is 0 Å². The molecule has 12 heteroatoms. The Labute approximate surface area is 277 Å². The van der Waals surface area contributed by atoms with Gasteiger partial charge in [0.25, 0.3) is 0 Å². The second-order valence-corrected chi connectivity index (χ2v) is 11.6. The summed E-state index contributed by atoms with van der Waals surface area (Å²) in [6, 6.07) is 11.0. The van der Waals surface area contributed by atoms with Crippen molar-refractivity contribution >= 4 is 70.2 Å². The van der Waals surface area contributed by atoms with Crippen molar-refractivity contribution in [2.24, 2.45) is 0 Å². The van der Waals surface area contributed by atoms with Gasteiger partial charge in [0.1, 0.15) is 12.2 Å². The largest absolute Gasteiger partial charge is 0.458 e. The van der Waals surface area contributed by atoms with Gasteiger partial charge in [0.05, 0.1) is 33.8 Å². The molecule has 3 aromatic rings. The molecule has 0 spiro atoms. The monoisotopic (exact) mass is 654 g/mol. The van der Waals surface area contributed by atoms with Gasteiger partial charge in [-0.3, -0.25) is 19.2 Å². The first-order valence-corrected chi connectivity index (χ1v) is 15.6. The highest BCUT2D eigenvalue weighted by molar-refractivity contribution is 5.91. The summed E-state index contributed by atoms with van der Waals surface area (Å²) in [4.78, 5) is 58.7. The van der Waals surface area contributed by atoms with E-state index in [-0.39, 0.29) is 0 Å². The Morgan fingerprint density at radius 3 is 1.23 bits per heavy atom. The first kappa shape index (κ1) is 33.8. The molecule has 3 aromatic heterocycles. The molecule has 0 N–H and O–H groups in total. The molecule has 0 amide bonds. The topological polar surface area (TPSA) is 141 Å². The number of carbonyl (C=O) groups is 4. The summed E-state index contributed by atoms with van der Waals surface area (Å²) in [6.07, 6.45) is 4.21. The zero-order valence-electron chi connectivity index (χ0n) is 28.1. The zero-order valence-corrected chi connectivity index (χ0v) is 28.1. The van der Waals surface area contributed by atoms with Gasteiger partial charge >= 0.3 is 23.9 Å². The Morgan fingerprint density at radius 2 is 0.896 bits per heavy atom. The van der Waals surface area contributed by atoms with Crippen LogP contribution in [0.5, 0.6) is 0 Å². The maximum atomic E-state index is 12.4. The molecule has 0 aromatic carbocycles. The first-order valence-electron chi connectivity index (χ1n) is 15.6. The van der Waals surface area contributed by atoms with Gasteiger partial charge in [-0.05, 0) is 88.4 Å². The van der Waals surface area contributed by atoms with E-state index in [1.54, 1.807) is 36.8 Å². The van der Waals surface area contributed by atoms with Crippen LogP contribution >= 0.6 is 0 Å². The fraction of sp³-hybridized carbons (Fsp3) is 0.333. The van der Waals surface area contributed by atoms with E-state index in [0.717, 1.165) is 0 Å². The highest BCUT2D eigenvalue weighted by Crippen LogP contribution is 2.39. The van der Waals surface area contributed by atoms with Crippen LogP contribution in [0.3, 0.4) is 0 Å². The van der Waals surface area contributed by atoms with Crippen molar-refractivity contribution in [3.05, 3.63) is 70.3 Å². The van der Waals surface area contributed by atoms with Gasteiger partial charge in [-0.1, -0.05) is 0 Å². The third-order valence-corrected chi connectivity index (χ3v) is 7.81. The molecule has 0 saturated carbocycles. The molecule has 0 aliphatic carbocycles. The van der Waals surface area contributed by atoms with Crippen LogP contribution in [0.2, 0.25) is 0 Å². The van der Waals surface area contributed by atoms with E-state index >= 15 is 0 Å². The number of rotatable bonds is 8. The molecular formula is C36H38N4O8. The smallest absolute Gasteiger partial charge is 0.304 e. The molecule has 0 radical (unpaired) electrons. The normalized spacial score (nSPS) is 14.5. The molecule has 4 unspecified atom stereocenters. The Balaban J connectivity index is 2.09. The molecule has 5 rings (SSSR count). The number of fused-ring (bicyclic) bond motifs is 10. The van der Waals surface area contributed by atoms with Gasteiger partial charge in [0.2, 0.25) is 0 Å². The molecule has 2 aliphatic rings. The highest BCUT2D eigenvalue weighted by atomic mass is 16.6. The number of aromatic nitrogens is 4. The fourth-order valence-electron chi connectivity index (χ4n) is 6.07. The summed E-state index contributed by atoms with van der Waals surface area (Å²) in [6.45, 7) is 12.2. The summed E-state index contributed by atoms with van der Waals surface area (Å²) in [5, 5.41) is 0. The van der Waals surface area contributed by atoms with Crippen molar-refractivity contribution in [2.75, 3.05) is 0 Å². The maximum Gasteiger partial charge on any atom is 0.304 e. The van der Waals surface area contributed by atoms with Crippen LogP contribution in [0.4, 0.5) is 0 Å².